The van der Waals surface area contributed by atoms with Gasteiger partial charge in [0, 0.05) is 5.56 Å². The maximum atomic E-state index is 9.26. The average molecular weight is 152 g/mol. The van der Waals surface area contributed by atoms with Crippen molar-refractivity contribution >= 4 is 5.69 Å². The van der Waals surface area contributed by atoms with Gasteiger partial charge in [-0.05, 0) is 25.5 Å². The molecule has 0 saturated heterocycles. The molecule has 0 aliphatic rings. The smallest absolute Gasteiger partial charge is 0.120 e. The van der Waals surface area contributed by atoms with Crippen LogP contribution in [0, 0.1) is 13.8 Å². The number of nitrogen functional groups attached to an aromatic ring is 1. The van der Waals surface area contributed by atoms with E-state index in [-0.39, 0.29) is 5.75 Å². The molecule has 60 valence electrons. The van der Waals surface area contributed by atoms with Gasteiger partial charge >= 0.3 is 0 Å². The van der Waals surface area contributed by atoms with Crippen molar-refractivity contribution in [2.45, 2.75) is 13.8 Å². The molecule has 0 aliphatic heterocycles. The Hall–Kier alpha value is -1.22. The first kappa shape index (κ1) is 7.88. The number of nitrogens with one attached hydrogen (secondary N) is 1. The Bertz CT molecular complexity index is 271. The number of rotatable bonds is 1. The Morgan fingerprint density at radius 2 is 2.00 bits per heavy atom. The Morgan fingerprint density at radius 3 is 2.45 bits per heavy atom. The summed E-state index contributed by atoms with van der Waals surface area (Å²) in [5, 5.41) is 9.26. The molecule has 0 amide bonds. The molecule has 0 heterocycles. The van der Waals surface area contributed by atoms with Gasteiger partial charge in [-0.25, -0.2) is 0 Å². The molecule has 4 N–H and O–H groups in total. The first-order valence-electron chi connectivity index (χ1n) is 3.42. The normalized spacial score (nSPS) is 9.73. The summed E-state index contributed by atoms with van der Waals surface area (Å²) in [6, 6.07) is 3.48. The molecule has 0 saturated carbocycles. The SMILES string of the molecule is Cc1ccc(O)c(C)c1NN. The van der Waals surface area contributed by atoms with Gasteiger partial charge in [0.1, 0.15) is 5.75 Å². The van der Waals surface area contributed by atoms with Crippen LogP contribution in [0.1, 0.15) is 11.1 Å². The summed E-state index contributed by atoms with van der Waals surface area (Å²) in [5.74, 6) is 5.53. The molecular weight excluding hydrogens is 140 g/mol. The quantitative estimate of drug-likeness (QED) is 0.420. The second kappa shape index (κ2) is 2.80. The Morgan fingerprint density at radius 1 is 1.36 bits per heavy atom. The summed E-state index contributed by atoms with van der Waals surface area (Å²) >= 11 is 0. The molecule has 0 aliphatic carbocycles. The van der Waals surface area contributed by atoms with E-state index < -0.39 is 0 Å². The van der Waals surface area contributed by atoms with Gasteiger partial charge in [-0.2, -0.15) is 0 Å². The highest BCUT2D eigenvalue weighted by Gasteiger charge is 2.03. The van der Waals surface area contributed by atoms with Crippen molar-refractivity contribution in [3.8, 4) is 5.75 Å². The lowest BCUT2D eigenvalue weighted by atomic mass is 10.1. The molecule has 11 heavy (non-hydrogen) atoms. The zero-order chi connectivity index (χ0) is 8.43. The summed E-state index contributed by atoms with van der Waals surface area (Å²) in [6.45, 7) is 3.75. The van der Waals surface area contributed by atoms with Gasteiger partial charge in [0.15, 0.2) is 0 Å². The van der Waals surface area contributed by atoms with Crippen LogP contribution >= 0.6 is 0 Å². The van der Waals surface area contributed by atoms with Crippen LogP contribution < -0.4 is 11.3 Å². The lowest BCUT2D eigenvalue weighted by Crippen LogP contribution is -2.09. The summed E-state index contributed by atoms with van der Waals surface area (Å²) in [5.41, 5.74) is 5.16. The average Bonchev–Trinajstić information content (AvgIpc) is 1.99. The zero-order valence-corrected chi connectivity index (χ0v) is 6.68. The maximum Gasteiger partial charge on any atom is 0.120 e. The van der Waals surface area contributed by atoms with Crippen molar-refractivity contribution in [2.75, 3.05) is 5.43 Å². The minimum Gasteiger partial charge on any atom is -0.508 e. The minimum atomic E-state index is 0.267. The van der Waals surface area contributed by atoms with Gasteiger partial charge in [0.25, 0.3) is 0 Å². The topological polar surface area (TPSA) is 58.3 Å². The third kappa shape index (κ3) is 1.28. The number of hydrogen-bond acceptors (Lipinski definition) is 3. The first-order chi connectivity index (χ1) is 5.16. The number of nitrogens with two attached hydrogens (primary N) is 1. The third-order valence-corrected chi connectivity index (χ3v) is 1.79. The predicted molar refractivity (Wildman–Crippen MR) is 45.4 cm³/mol. The fraction of sp³-hybridized carbons (Fsp3) is 0.250. The third-order valence-electron chi connectivity index (χ3n) is 1.79. The van der Waals surface area contributed by atoms with Crippen LogP contribution in [-0.2, 0) is 0 Å². The maximum absolute atomic E-state index is 9.26. The van der Waals surface area contributed by atoms with Crippen LogP contribution in [0.4, 0.5) is 5.69 Å². The minimum absolute atomic E-state index is 0.267. The van der Waals surface area contributed by atoms with E-state index in [1.807, 2.05) is 19.9 Å². The number of hydrazine groups is 1. The van der Waals surface area contributed by atoms with Crippen LogP contribution in [0.5, 0.6) is 5.75 Å². The number of anilines is 1. The largest absolute Gasteiger partial charge is 0.508 e. The van der Waals surface area contributed by atoms with Gasteiger partial charge in [0.05, 0.1) is 5.69 Å². The van der Waals surface area contributed by atoms with Crippen molar-refractivity contribution in [3.63, 3.8) is 0 Å². The Balaban J connectivity index is 3.29. The van der Waals surface area contributed by atoms with Gasteiger partial charge in [-0.3, -0.25) is 5.84 Å². The molecular formula is C8H12N2O. The Labute approximate surface area is 65.8 Å². The van der Waals surface area contributed by atoms with E-state index in [2.05, 4.69) is 5.43 Å². The summed E-state index contributed by atoms with van der Waals surface area (Å²) in [4.78, 5) is 0. The molecule has 0 spiro atoms. The zero-order valence-electron chi connectivity index (χ0n) is 6.68. The highest BCUT2D eigenvalue weighted by atomic mass is 16.3. The van der Waals surface area contributed by atoms with Crippen molar-refractivity contribution in [2.24, 2.45) is 5.84 Å². The summed E-state index contributed by atoms with van der Waals surface area (Å²) in [6.07, 6.45) is 0. The molecule has 0 atom stereocenters. The molecule has 0 fully saturated rings. The summed E-state index contributed by atoms with van der Waals surface area (Å²) in [7, 11) is 0. The molecule has 0 bridgehead atoms. The second-order valence-electron chi connectivity index (χ2n) is 2.55. The van der Waals surface area contributed by atoms with E-state index in [1.165, 1.54) is 0 Å². The van der Waals surface area contributed by atoms with Crippen LogP contribution in [0.25, 0.3) is 0 Å². The number of benzene rings is 1. The first-order valence-corrected chi connectivity index (χ1v) is 3.42. The molecule has 0 unspecified atom stereocenters. The molecule has 3 nitrogen and oxygen atoms in total. The fourth-order valence-corrected chi connectivity index (χ4v) is 1.06. The van der Waals surface area contributed by atoms with E-state index in [0.29, 0.717) is 0 Å². The number of hydrogen-bond donors (Lipinski definition) is 3. The molecule has 1 aromatic carbocycles. The number of phenolic OH excluding ortho intramolecular Hbond substituents is 1. The van der Waals surface area contributed by atoms with Crippen LogP contribution in [0.2, 0.25) is 0 Å². The van der Waals surface area contributed by atoms with E-state index >= 15 is 0 Å². The van der Waals surface area contributed by atoms with E-state index in [0.717, 1.165) is 16.8 Å². The fourth-order valence-electron chi connectivity index (χ4n) is 1.06. The highest BCUT2D eigenvalue weighted by molar-refractivity contribution is 5.60. The van der Waals surface area contributed by atoms with Gasteiger partial charge < -0.3 is 10.5 Å². The lowest BCUT2D eigenvalue weighted by Gasteiger charge is -2.09. The van der Waals surface area contributed by atoms with Gasteiger partial charge in [-0.15, -0.1) is 0 Å². The molecule has 0 radical (unpaired) electrons. The molecule has 3 heteroatoms. The van der Waals surface area contributed by atoms with Crippen LogP contribution in [-0.4, -0.2) is 5.11 Å². The highest BCUT2D eigenvalue weighted by Crippen LogP contribution is 2.26. The van der Waals surface area contributed by atoms with E-state index in [9.17, 15) is 5.11 Å². The van der Waals surface area contributed by atoms with Crippen molar-refractivity contribution < 1.29 is 5.11 Å². The van der Waals surface area contributed by atoms with Crippen molar-refractivity contribution in [1.82, 2.24) is 0 Å². The number of aryl methyl sites for hydroxylation is 1. The lowest BCUT2D eigenvalue weighted by molar-refractivity contribution is 0.471. The molecule has 1 aromatic rings. The Kier molecular flexibility index (Phi) is 2.01. The van der Waals surface area contributed by atoms with Crippen LogP contribution in [0.15, 0.2) is 12.1 Å². The molecule has 0 aromatic heterocycles. The summed E-state index contributed by atoms with van der Waals surface area (Å²) < 4.78 is 0. The van der Waals surface area contributed by atoms with Crippen molar-refractivity contribution in [3.05, 3.63) is 23.3 Å². The monoisotopic (exact) mass is 152 g/mol. The molecule has 1 rings (SSSR count). The van der Waals surface area contributed by atoms with Crippen LogP contribution in [0.3, 0.4) is 0 Å². The number of aromatic hydroxyl groups is 1. The number of phenols is 1. The predicted octanol–water partition coefficient (Wildman–Crippen LogP) is 1.29. The van der Waals surface area contributed by atoms with E-state index in [1.54, 1.807) is 6.07 Å². The standard InChI is InChI=1S/C8H12N2O/c1-5-3-4-7(11)6(2)8(5)10-9/h3-4,10-11H,9H2,1-2H3. The van der Waals surface area contributed by atoms with E-state index in [4.69, 9.17) is 5.84 Å². The van der Waals surface area contributed by atoms with Gasteiger partial charge in [0.2, 0.25) is 0 Å². The second-order valence-corrected chi connectivity index (χ2v) is 2.55. The van der Waals surface area contributed by atoms with Crippen molar-refractivity contribution in [1.29, 1.82) is 0 Å². The van der Waals surface area contributed by atoms with Gasteiger partial charge in [-0.1, -0.05) is 6.07 Å².